The van der Waals surface area contributed by atoms with Gasteiger partial charge in [-0.1, -0.05) is 36.4 Å². The minimum Gasteiger partial charge on any atom is -0.491 e. The molecule has 2 aromatic carbocycles. The maximum absolute atomic E-state index is 12.5. The molecule has 0 bridgehead atoms. The number of aromatic nitrogens is 2. The van der Waals surface area contributed by atoms with Crippen molar-refractivity contribution in [3.63, 3.8) is 0 Å². The van der Waals surface area contributed by atoms with Crippen LogP contribution in [0.2, 0.25) is 0 Å². The number of aryl methyl sites for hydroxylation is 2. The number of nitrogens with zero attached hydrogens (tertiary/aromatic N) is 2. The number of para-hydroxylation sites is 3. The zero-order chi connectivity index (χ0) is 21.1. The third kappa shape index (κ3) is 4.09. The maximum atomic E-state index is 12.5. The van der Waals surface area contributed by atoms with Gasteiger partial charge in [0.1, 0.15) is 18.2 Å². The summed E-state index contributed by atoms with van der Waals surface area (Å²) in [4.78, 5) is 18.0. The SMILES string of the molecule is Cc1cccc(C)c1OCCn1c(C(C)NC(=O)c2cccs2)nc2ccccc21. The minimum absolute atomic E-state index is 0.0807. The van der Waals surface area contributed by atoms with Gasteiger partial charge in [0.15, 0.2) is 0 Å². The molecule has 6 heteroatoms. The lowest BCUT2D eigenvalue weighted by Gasteiger charge is -2.17. The summed E-state index contributed by atoms with van der Waals surface area (Å²) < 4.78 is 8.27. The monoisotopic (exact) mass is 419 g/mol. The number of fused-ring (bicyclic) bond motifs is 1. The lowest BCUT2D eigenvalue weighted by molar-refractivity contribution is 0.0941. The summed E-state index contributed by atoms with van der Waals surface area (Å²) in [6.45, 7) is 7.24. The third-order valence-electron chi connectivity index (χ3n) is 5.13. The summed E-state index contributed by atoms with van der Waals surface area (Å²) in [5.74, 6) is 1.68. The Balaban J connectivity index is 1.56. The number of hydrogen-bond acceptors (Lipinski definition) is 4. The van der Waals surface area contributed by atoms with Crippen molar-refractivity contribution in [2.45, 2.75) is 33.4 Å². The van der Waals surface area contributed by atoms with Gasteiger partial charge in [-0.05, 0) is 55.5 Å². The average Bonchev–Trinajstić information content (AvgIpc) is 3.39. The van der Waals surface area contributed by atoms with E-state index >= 15 is 0 Å². The van der Waals surface area contributed by atoms with Gasteiger partial charge < -0.3 is 14.6 Å². The second-order valence-electron chi connectivity index (χ2n) is 7.35. The summed E-state index contributed by atoms with van der Waals surface area (Å²) in [7, 11) is 0. The van der Waals surface area contributed by atoms with Crippen molar-refractivity contribution in [2.75, 3.05) is 6.61 Å². The van der Waals surface area contributed by atoms with Gasteiger partial charge in [-0.15, -0.1) is 11.3 Å². The van der Waals surface area contributed by atoms with E-state index in [1.54, 1.807) is 0 Å². The van der Waals surface area contributed by atoms with E-state index in [1.807, 2.05) is 48.7 Å². The van der Waals surface area contributed by atoms with E-state index in [4.69, 9.17) is 9.72 Å². The molecule has 1 N–H and O–H groups in total. The van der Waals surface area contributed by atoms with Crippen molar-refractivity contribution in [2.24, 2.45) is 0 Å². The second kappa shape index (κ2) is 8.71. The van der Waals surface area contributed by atoms with E-state index in [0.29, 0.717) is 18.0 Å². The average molecular weight is 420 g/mol. The first-order valence-electron chi connectivity index (χ1n) is 10.0. The molecule has 2 heterocycles. The molecule has 0 aliphatic heterocycles. The Morgan fingerprint density at radius 2 is 1.87 bits per heavy atom. The molecule has 1 atom stereocenters. The van der Waals surface area contributed by atoms with Gasteiger partial charge in [0.25, 0.3) is 5.91 Å². The Morgan fingerprint density at radius 3 is 2.60 bits per heavy atom. The predicted molar refractivity (Wildman–Crippen MR) is 121 cm³/mol. The van der Waals surface area contributed by atoms with Gasteiger partial charge in [-0.2, -0.15) is 0 Å². The summed E-state index contributed by atoms with van der Waals surface area (Å²) in [5, 5.41) is 4.98. The normalized spacial score (nSPS) is 12.1. The Morgan fingerprint density at radius 1 is 1.10 bits per heavy atom. The Kier molecular flexibility index (Phi) is 5.86. The lowest BCUT2D eigenvalue weighted by atomic mass is 10.1. The number of benzene rings is 2. The van der Waals surface area contributed by atoms with Gasteiger partial charge in [0.05, 0.1) is 28.5 Å². The molecule has 0 saturated heterocycles. The largest absolute Gasteiger partial charge is 0.491 e. The second-order valence-corrected chi connectivity index (χ2v) is 8.30. The Labute approximate surface area is 180 Å². The number of rotatable bonds is 7. The zero-order valence-corrected chi connectivity index (χ0v) is 18.2. The van der Waals surface area contributed by atoms with Crippen molar-refractivity contribution in [3.05, 3.63) is 81.8 Å². The van der Waals surface area contributed by atoms with Crippen LogP contribution in [0.15, 0.2) is 60.0 Å². The standard InChI is InChI=1S/C24H25N3O2S/c1-16-8-6-9-17(2)22(16)29-14-13-27-20-11-5-4-10-19(20)26-23(27)18(3)25-24(28)21-12-7-15-30-21/h4-12,15,18H,13-14H2,1-3H3,(H,25,28). The Bertz CT molecular complexity index is 1140. The quantitative estimate of drug-likeness (QED) is 0.443. The number of imidazole rings is 1. The van der Waals surface area contributed by atoms with Crippen LogP contribution in [0.1, 0.15) is 39.6 Å². The number of carbonyl (C=O) groups is 1. The molecule has 0 radical (unpaired) electrons. The predicted octanol–water partition coefficient (Wildman–Crippen LogP) is 5.28. The Hall–Kier alpha value is -3.12. The molecule has 0 aliphatic rings. The molecule has 0 saturated carbocycles. The third-order valence-corrected chi connectivity index (χ3v) is 6.00. The van der Waals surface area contributed by atoms with Crippen molar-refractivity contribution >= 4 is 28.3 Å². The molecular formula is C24H25N3O2S. The molecular weight excluding hydrogens is 394 g/mol. The first-order valence-corrected chi connectivity index (χ1v) is 10.9. The highest BCUT2D eigenvalue weighted by atomic mass is 32.1. The van der Waals surface area contributed by atoms with Crippen LogP contribution in [0, 0.1) is 13.8 Å². The van der Waals surface area contributed by atoms with Crippen LogP contribution in [0.4, 0.5) is 0 Å². The topological polar surface area (TPSA) is 56.1 Å². The summed E-state index contributed by atoms with van der Waals surface area (Å²) in [5.41, 5.74) is 4.20. The highest BCUT2D eigenvalue weighted by Gasteiger charge is 2.19. The highest BCUT2D eigenvalue weighted by molar-refractivity contribution is 7.12. The molecule has 0 aliphatic carbocycles. The minimum atomic E-state index is -0.229. The van der Waals surface area contributed by atoms with Crippen molar-refractivity contribution in [3.8, 4) is 5.75 Å². The summed E-state index contributed by atoms with van der Waals surface area (Å²) in [6.07, 6.45) is 0. The molecule has 0 fully saturated rings. The van der Waals surface area contributed by atoms with Crippen molar-refractivity contribution in [1.82, 2.24) is 14.9 Å². The molecule has 1 unspecified atom stereocenters. The molecule has 2 aromatic heterocycles. The summed E-state index contributed by atoms with van der Waals surface area (Å²) >= 11 is 1.43. The fourth-order valence-corrected chi connectivity index (χ4v) is 4.29. The van der Waals surface area contributed by atoms with Gasteiger partial charge in [-0.25, -0.2) is 4.98 Å². The van der Waals surface area contributed by atoms with Crippen LogP contribution in [-0.2, 0) is 6.54 Å². The van der Waals surface area contributed by atoms with E-state index in [9.17, 15) is 4.79 Å². The van der Waals surface area contributed by atoms with E-state index in [1.165, 1.54) is 11.3 Å². The number of carbonyl (C=O) groups excluding carboxylic acids is 1. The van der Waals surface area contributed by atoms with Crippen molar-refractivity contribution in [1.29, 1.82) is 0 Å². The summed E-state index contributed by atoms with van der Waals surface area (Å²) in [6, 6.07) is 17.7. The number of nitrogens with one attached hydrogen (secondary N) is 1. The number of amides is 1. The molecule has 5 nitrogen and oxygen atoms in total. The van der Waals surface area contributed by atoms with E-state index in [0.717, 1.165) is 33.7 Å². The number of hydrogen-bond donors (Lipinski definition) is 1. The van der Waals surface area contributed by atoms with Crippen LogP contribution in [-0.4, -0.2) is 22.1 Å². The van der Waals surface area contributed by atoms with Crippen LogP contribution < -0.4 is 10.1 Å². The first kappa shape index (κ1) is 20.2. The van der Waals surface area contributed by atoms with Crippen LogP contribution in [0.3, 0.4) is 0 Å². The smallest absolute Gasteiger partial charge is 0.261 e. The van der Waals surface area contributed by atoms with E-state index in [-0.39, 0.29) is 11.9 Å². The number of thiophene rings is 1. The molecule has 30 heavy (non-hydrogen) atoms. The van der Waals surface area contributed by atoms with Gasteiger partial charge in [0, 0.05) is 0 Å². The molecule has 1 amide bonds. The molecule has 4 rings (SSSR count). The first-order chi connectivity index (χ1) is 14.5. The van der Waals surface area contributed by atoms with E-state index < -0.39 is 0 Å². The van der Waals surface area contributed by atoms with E-state index in [2.05, 4.69) is 41.9 Å². The molecule has 154 valence electrons. The van der Waals surface area contributed by atoms with Gasteiger partial charge >= 0.3 is 0 Å². The highest BCUT2D eigenvalue weighted by Crippen LogP contribution is 2.24. The van der Waals surface area contributed by atoms with Gasteiger partial charge in [-0.3, -0.25) is 4.79 Å². The molecule has 4 aromatic rings. The van der Waals surface area contributed by atoms with Crippen LogP contribution in [0.25, 0.3) is 11.0 Å². The molecule has 0 spiro atoms. The fourth-order valence-electron chi connectivity index (χ4n) is 3.67. The zero-order valence-electron chi connectivity index (χ0n) is 17.4. The van der Waals surface area contributed by atoms with Crippen LogP contribution >= 0.6 is 11.3 Å². The fraction of sp³-hybridized carbons (Fsp3) is 0.250. The van der Waals surface area contributed by atoms with Gasteiger partial charge in [0.2, 0.25) is 0 Å². The lowest BCUT2D eigenvalue weighted by Crippen LogP contribution is -2.28. The number of ether oxygens (including phenoxy) is 1. The maximum Gasteiger partial charge on any atom is 0.261 e. The van der Waals surface area contributed by atoms with Crippen LogP contribution in [0.5, 0.6) is 5.75 Å². The van der Waals surface area contributed by atoms with Crippen molar-refractivity contribution < 1.29 is 9.53 Å².